The van der Waals surface area contributed by atoms with E-state index in [1.807, 2.05) is 0 Å². The summed E-state index contributed by atoms with van der Waals surface area (Å²) in [6, 6.07) is 10.1. The van der Waals surface area contributed by atoms with Crippen molar-refractivity contribution in [1.29, 1.82) is 0 Å². The number of nitrogen functional groups attached to an aromatic ring is 1. The highest BCUT2D eigenvalue weighted by Crippen LogP contribution is 2.28. The van der Waals surface area contributed by atoms with Gasteiger partial charge in [-0.05, 0) is 42.5 Å². The summed E-state index contributed by atoms with van der Waals surface area (Å²) in [5.74, 6) is -0.347. The molecule has 4 N–H and O–H groups in total. The fraction of sp³-hybridized carbons (Fsp3) is 0.0769. The van der Waals surface area contributed by atoms with Crippen LogP contribution in [-0.4, -0.2) is 15.5 Å². The fourth-order valence-corrected chi connectivity index (χ4v) is 2.36. The molecule has 0 spiro atoms. The zero-order chi connectivity index (χ0) is 14.9. The Balaban J connectivity index is 2.47. The third-order valence-electron chi connectivity index (χ3n) is 2.84. The van der Waals surface area contributed by atoms with Crippen LogP contribution in [0.3, 0.4) is 0 Å². The summed E-state index contributed by atoms with van der Waals surface area (Å²) in [4.78, 5) is 1.62. The molecule has 0 aliphatic heterocycles. The van der Waals surface area contributed by atoms with Gasteiger partial charge in [0.1, 0.15) is 5.82 Å². The van der Waals surface area contributed by atoms with Gasteiger partial charge in [-0.3, -0.25) is 0 Å². The molecule has 0 amide bonds. The van der Waals surface area contributed by atoms with Crippen molar-refractivity contribution in [3.8, 4) is 0 Å². The lowest BCUT2D eigenvalue weighted by Gasteiger charge is -2.20. The Morgan fingerprint density at radius 3 is 2.20 bits per heavy atom. The first-order chi connectivity index (χ1) is 9.27. The van der Waals surface area contributed by atoms with Crippen LogP contribution < -0.4 is 15.8 Å². The van der Waals surface area contributed by atoms with Crippen molar-refractivity contribution >= 4 is 27.1 Å². The molecule has 2 rings (SSSR count). The lowest BCUT2D eigenvalue weighted by molar-refractivity contribution is 0.598. The topological polar surface area (TPSA) is 89.4 Å². The fourth-order valence-electron chi connectivity index (χ4n) is 1.78. The van der Waals surface area contributed by atoms with Gasteiger partial charge in [-0.25, -0.2) is 17.9 Å². The predicted molar refractivity (Wildman–Crippen MR) is 76.7 cm³/mol. The van der Waals surface area contributed by atoms with Crippen molar-refractivity contribution in [2.75, 3.05) is 17.7 Å². The van der Waals surface area contributed by atoms with Crippen LogP contribution in [0.2, 0.25) is 0 Å². The summed E-state index contributed by atoms with van der Waals surface area (Å²) in [5.41, 5.74) is 7.20. The summed E-state index contributed by atoms with van der Waals surface area (Å²) >= 11 is 0. The minimum absolute atomic E-state index is 0.0681. The van der Waals surface area contributed by atoms with Crippen LogP contribution in [0.1, 0.15) is 0 Å². The number of primary sulfonamides is 1. The monoisotopic (exact) mass is 295 g/mol. The highest BCUT2D eigenvalue weighted by molar-refractivity contribution is 7.89. The van der Waals surface area contributed by atoms with Crippen LogP contribution >= 0.6 is 0 Å². The number of halogens is 1. The quantitative estimate of drug-likeness (QED) is 0.845. The van der Waals surface area contributed by atoms with Crippen LogP contribution in [0.5, 0.6) is 0 Å². The number of hydrogen-bond donors (Lipinski definition) is 2. The Kier molecular flexibility index (Phi) is 3.65. The van der Waals surface area contributed by atoms with Gasteiger partial charge in [-0.2, -0.15) is 0 Å². The van der Waals surface area contributed by atoms with E-state index >= 15 is 0 Å². The van der Waals surface area contributed by atoms with E-state index < -0.39 is 10.0 Å². The van der Waals surface area contributed by atoms with Gasteiger partial charge in [0, 0.05) is 24.1 Å². The standard InChI is InChI=1S/C13H14FN3O2S/c1-17(11-4-2-9(14)3-5-11)12-6-10(15)7-13(8-12)20(16,18)19/h2-8H,15H2,1H3,(H2,16,18,19). The molecular weight excluding hydrogens is 281 g/mol. The van der Waals surface area contributed by atoms with E-state index in [9.17, 15) is 12.8 Å². The third kappa shape index (κ3) is 3.06. The van der Waals surface area contributed by atoms with Crippen LogP contribution in [0.25, 0.3) is 0 Å². The summed E-state index contributed by atoms with van der Waals surface area (Å²) < 4.78 is 35.7. The molecule has 0 saturated heterocycles. The average Bonchev–Trinajstić information content (AvgIpc) is 2.37. The Bertz CT molecular complexity index is 730. The highest BCUT2D eigenvalue weighted by Gasteiger charge is 2.12. The molecule has 0 aliphatic carbocycles. The van der Waals surface area contributed by atoms with E-state index in [0.717, 1.165) is 0 Å². The van der Waals surface area contributed by atoms with E-state index in [-0.39, 0.29) is 16.4 Å². The summed E-state index contributed by atoms with van der Waals surface area (Å²) in [7, 11) is -2.12. The molecule has 0 atom stereocenters. The van der Waals surface area contributed by atoms with Crippen molar-refractivity contribution in [3.63, 3.8) is 0 Å². The maximum atomic E-state index is 12.9. The Hall–Kier alpha value is -2.12. The number of sulfonamides is 1. The normalized spacial score (nSPS) is 11.3. The third-order valence-corrected chi connectivity index (χ3v) is 3.74. The first kappa shape index (κ1) is 14.3. The summed E-state index contributed by atoms with van der Waals surface area (Å²) in [6.07, 6.45) is 0. The Morgan fingerprint density at radius 2 is 1.65 bits per heavy atom. The molecule has 2 aromatic carbocycles. The van der Waals surface area contributed by atoms with Gasteiger partial charge < -0.3 is 10.6 Å². The number of nitrogens with two attached hydrogens (primary N) is 2. The summed E-state index contributed by atoms with van der Waals surface area (Å²) in [6.45, 7) is 0. The Labute approximate surface area is 116 Å². The molecule has 0 bridgehead atoms. The van der Waals surface area contributed by atoms with E-state index in [4.69, 9.17) is 10.9 Å². The van der Waals surface area contributed by atoms with Gasteiger partial charge in [0.25, 0.3) is 0 Å². The first-order valence-corrected chi connectivity index (χ1v) is 7.24. The molecule has 7 heteroatoms. The molecule has 0 unspecified atom stereocenters. The maximum absolute atomic E-state index is 12.9. The number of anilines is 3. The van der Waals surface area contributed by atoms with Crippen molar-refractivity contribution in [2.24, 2.45) is 5.14 Å². The minimum Gasteiger partial charge on any atom is -0.399 e. The van der Waals surface area contributed by atoms with Crippen LogP contribution in [0, 0.1) is 5.82 Å². The molecule has 5 nitrogen and oxygen atoms in total. The van der Waals surface area contributed by atoms with E-state index in [0.29, 0.717) is 11.4 Å². The van der Waals surface area contributed by atoms with E-state index in [1.54, 1.807) is 30.1 Å². The second-order valence-electron chi connectivity index (χ2n) is 4.34. The molecule has 106 valence electrons. The molecule has 0 radical (unpaired) electrons. The van der Waals surface area contributed by atoms with Crippen LogP contribution in [0.4, 0.5) is 21.5 Å². The molecular formula is C13H14FN3O2S. The number of benzene rings is 2. The zero-order valence-electron chi connectivity index (χ0n) is 10.7. The van der Waals surface area contributed by atoms with Gasteiger partial charge in [0.15, 0.2) is 0 Å². The molecule has 0 saturated carbocycles. The molecule has 0 aromatic heterocycles. The van der Waals surface area contributed by atoms with E-state index in [1.165, 1.54) is 24.3 Å². The van der Waals surface area contributed by atoms with Gasteiger partial charge >= 0.3 is 0 Å². The van der Waals surface area contributed by atoms with Gasteiger partial charge in [0.05, 0.1) is 4.90 Å². The van der Waals surface area contributed by atoms with Crippen molar-refractivity contribution in [3.05, 3.63) is 48.3 Å². The first-order valence-electron chi connectivity index (χ1n) is 5.70. The highest BCUT2D eigenvalue weighted by atomic mass is 32.2. The smallest absolute Gasteiger partial charge is 0.238 e. The van der Waals surface area contributed by atoms with Gasteiger partial charge in [0.2, 0.25) is 10.0 Å². The maximum Gasteiger partial charge on any atom is 0.238 e. The number of rotatable bonds is 3. The van der Waals surface area contributed by atoms with Crippen molar-refractivity contribution in [1.82, 2.24) is 0 Å². The summed E-state index contributed by atoms with van der Waals surface area (Å²) in [5, 5.41) is 5.10. The molecule has 0 aliphatic rings. The second kappa shape index (κ2) is 5.10. The minimum atomic E-state index is -3.84. The second-order valence-corrected chi connectivity index (χ2v) is 5.90. The molecule has 20 heavy (non-hydrogen) atoms. The number of hydrogen-bond acceptors (Lipinski definition) is 4. The van der Waals surface area contributed by atoms with E-state index in [2.05, 4.69) is 0 Å². The molecule has 0 fully saturated rings. The van der Waals surface area contributed by atoms with Crippen molar-refractivity contribution < 1.29 is 12.8 Å². The largest absolute Gasteiger partial charge is 0.399 e. The number of nitrogens with zero attached hydrogens (tertiary/aromatic N) is 1. The lowest BCUT2D eigenvalue weighted by atomic mass is 10.2. The average molecular weight is 295 g/mol. The Morgan fingerprint density at radius 1 is 1.05 bits per heavy atom. The SMILES string of the molecule is CN(c1ccc(F)cc1)c1cc(N)cc(S(N)(=O)=O)c1. The molecule has 0 heterocycles. The van der Waals surface area contributed by atoms with Gasteiger partial charge in [-0.1, -0.05) is 0 Å². The van der Waals surface area contributed by atoms with Crippen LogP contribution in [0.15, 0.2) is 47.4 Å². The van der Waals surface area contributed by atoms with Gasteiger partial charge in [-0.15, -0.1) is 0 Å². The zero-order valence-corrected chi connectivity index (χ0v) is 11.6. The van der Waals surface area contributed by atoms with Crippen LogP contribution in [-0.2, 0) is 10.0 Å². The molecule has 2 aromatic rings. The lowest BCUT2D eigenvalue weighted by Crippen LogP contribution is -2.15. The van der Waals surface area contributed by atoms with Crippen molar-refractivity contribution in [2.45, 2.75) is 4.90 Å². The predicted octanol–water partition coefficient (Wildman–Crippen LogP) is 1.82.